The zero-order valence-corrected chi connectivity index (χ0v) is 16.3. The first-order valence-electron chi connectivity index (χ1n) is 9.19. The normalized spacial score (nSPS) is 18.7. The molecule has 0 aliphatic carbocycles. The van der Waals surface area contributed by atoms with Crippen molar-refractivity contribution in [1.29, 1.82) is 0 Å². The SMILES string of the molecule is O=C(COc1ccc(Cl)cc1Cl)N1CCC(C(=O)N2CCCCC2)CC1. The van der Waals surface area contributed by atoms with Crippen molar-refractivity contribution in [3.8, 4) is 5.75 Å². The van der Waals surface area contributed by atoms with Crippen LogP contribution in [0.3, 0.4) is 0 Å². The number of carbonyl (C=O) groups is 2. The molecular formula is C19H24Cl2N2O3. The summed E-state index contributed by atoms with van der Waals surface area (Å²) < 4.78 is 5.52. The molecule has 0 saturated carbocycles. The van der Waals surface area contributed by atoms with Crippen LogP contribution in [0.4, 0.5) is 0 Å². The summed E-state index contributed by atoms with van der Waals surface area (Å²) in [5, 5.41) is 0.908. The third-order valence-electron chi connectivity index (χ3n) is 5.11. The lowest BCUT2D eigenvalue weighted by molar-refractivity contribution is -0.142. The molecule has 2 aliphatic heterocycles. The molecule has 2 amide bonds. The van der Waals surface area contributed by atoms with Gasteiger partial charge in [-0.15, -0.1) is 0 Å². The predicted octanol–water partition coefficient (Wildman–Crippen LogP) is 3.62. The van der Waals surface area contributed by atoms with E-state index in [0.29, 0.717) is 28.9 Å². The van der Waals surface area contributed by atoms with Crippen LogP contribution in [0, 0.1) is 5.92 Å². The molecule has 0 atom stereocenters. The number of carbonyl (C=O) groups excluding carboxylic acids is 2. The first-order valence-corrected chi connectivity index (χ1v) is 9.94. The zero-order valence-electron chi connectivity index (χ0n) is 14.8. The van der Waals surface area contributed by atoms with E-state index in [4.69, 9.17) is 27.9 Å². The Kier molecular flexibility index (Phi) is 6.65. The Hall–Kier alpha value is -1.46. The van der Waals surface area contributed by atoms with Gasteiger partial charge in [-0.1, -0.05) is 23.2 Å². The number of ether oxygens (including phenoxy) is 1. The average molecular weight is 399 g/mol. The highest BCUT2D eigenvalue weighted by Crippen LogP contribution is 2.28. The number of amides is 2. The number of piperidine rings is 2. The van der Waals surface area contributed by atoms with Crippen molar-refractivity contribution in [2.24, 2.45) is 5.92 Å². The van der Waals surface area contributed by atoms with E-state index in [9.17, 15) is 9.59 Å². The van der Waals surface area contributed by atoms with Gasteiger partial charge in [0.2, 0.25) is 5.91 Å². The van der Waals surface area contributed by atoms with E-state index in [1.54, 1.807) is 23.1 Å². The van der Waals surface area contributed by atoms with E-state index in [2.05, 4.69) is 0 Å². The van der Waals surface area contributed by atoms with Crippen molar-refractivity contribution < 1.29 is 14.3 Å². The van der Waals surface area contributed by atoms with Crippen LogP contribution in [0.5, 0.6) is 5.75 Å². The summed E-state index contributed by atoms with van der Waals surface area (Å²) in [6, 6.07) is 4.91. The van der Waals surface area contributed by atoms with Crippen LogP contribution in [-0.4, -0.2) is 54.4 Å². The van der Waals surface area contributed by atoms with Crippen LogP contribution in [0.15, 0.2) is 18.2 Å². The van der Waals surface area contributed by atoms with Crippen molar-refractivity contribution >= 4 is 35.0 Å². The minimum atomic E-state index is -0.0834. The molecule has 2 heterocycles. The van der Waals surface area contributed by atoms with Gasteiger partial charge in [0, 0.05) is 37.1 Å². The monoisotopic (exact) mass is 398 g/mol. The van der Waals surface area contributed by atoms with Gasteiger partial charge in [-0.2, -0.15) is 0 Å². The van der Waals surface area contributed by atoms with Gasteiger partial charge in [0.25, 0.3) is 5.91 Å². The largest absolute Gasteiger partial charge is 0.482 e. The molecule has 142 valence electrons. The molecule has 2 saturated heterocycles. The van der Waals surface area contributed by atoms with E-state index in [1.807, 2.05) is 4.90 Å². The molecule has 7 heteroatoms. The molecule has 0 spiro atoms. The van der Waals surface area contributed by atoms with Gasteiger partial charge in [-0.25, -0.2) is 0 Å². The molecule has 1 aromatic carbocycles. The molecule has 2 fully saturated rings. The fraction of sp³-hybridized carbons (Fsp3) is 0.579. The van der Waals surface area contributed by atoms with Gasteiger partial charge >= 0.3 is 0 Å². The second-order valence-corrected chi connectivity index (χ2v) is 7.75. The van der Waals surface area contributed by atoms with Crippen molar-refractivity contribution in [3.63, 3.8) is 0 Å². The molecule has 1 aromatic rings. The Balaban J connectivity index is 1.45. The Labute approximate surface area is 164 Å². The number of hydrogen-bond donors (Lipinski definition) is 0. The van der Waals surface area contributed by atoms with Crippen molar-refractivity contribution in [2.75, 3.05) is 32.8 Å². The highest BCUT2D eigenvalue weighted by Gasteiger charge is 2.30. The van der Waals surface area contributed by atoms with Gasteiger partial charge < -0.3 is 14.5 Å². The minimum Gasteiger partial charge on any atom is -0.482 e. The van der Waals surface area contributed by atoms with Gasteiger partial charge in [0.1, 0.15) is 5.75 Å². The smallest absolute Gasteiger partial charge is 0.260 e. The lowest BCUT2D eigenvalue weighted by Crippen LogP contribution is -2.46. The maximum Gasteiger partial charge on any atom is 0.260 e. The van der Waals surface area contributed by atoms with Gasteiger partial charge in [-0.3, -0.25) is 9.59 Å². The summed E-state index contributed by atoms with van der Waals surface area (Å²) in [6.07, 6.45) is 4.88. The van der Waals surface area contributed by atoms with Crippen LogP contribution < -0.4 is 4.74 Å². The lowest BCUT2D eigenvalue weighted by Gasteiger charge is -2.35. The van der Waals surface area contributed by atoms with E-state index in [1.165, 1.54) is 6.42 Å². The van der Waals surface area contributed by atoms with Crippen LogP contribution >= 0.6 is 23.2 Å². The summed E-state index contributed by atoms with van der Waals surface area (Å²) in [7, 11) is 0. The molecule has 0 bridgehead atoms. The summed E-state index contributed by atoms with van der Waals surface area (Å²) in [6.45, 7) is 2.90. The summed E-state index contributed by atoms with van der Waals surface area (Å²) in [5.41, 5.74) is 0. The fourth-order valence-electron chi connectivity index (χ4n) is 3.57. The highest BCUT2D eigenvalue weighted by atomic mass is 35.5. The number of nitrogens with zero attached hydrogens (tertiary/aromatic N) is 2. The fourth-order valence-corrected chi connectivity index (χ4v) is 4.03. The average Bonchev–Trinajstić information content (AvgIpc) is 2.67. The van der Waals surface area contributed by atoms with Gasteiger partial charge in [0.15, 0.2) is 6.61 Å². The maximum absolute atomic E-state index is 12.6. The van der Waals surface area contributed by atoms with E-state index in [0.717, 1.165) is 38.8 Å². The molecular weight excluding hydrogens is 375 g/mol. The van der Waals surface area contributed by atoms with Crippen molar-refractivity contribution in [2.45, 2.75) is 32.1 Å². The standard InChI is InChI=1S/C19H24Cl2N2O3/c20-15-4-5-17(16(21)12-15)26-13-18(24)22-10-6-14(7-11-22)19(25)23-8-2-1-3-9-23/h4-5,12,14H,1-3,6-11,13H2. The van der Waals surface area contributed by atoms with Crippen LogP contribution in [-0.2, 0) is 9.59 Å². The number of benzene rings is 1. The molecule has 0 aromatic heterocycles. The summed E-state index contributed by atoms with van der Waals surface area (Å²) in [5.74, 6) is 0.671. The van der Waals surface area contributed by atoms with Crippen molar-refractivity contribution in [1.82, 2.24) is 9.80 Å². The third-order valence-corrected chi connectivity index (χ3v) is 5.64. The Morgan fingerprint density at radius 2 is 1.69 bits per heavy atom. The molecule has 5 nitrogen and oxygen atoms in total. The lowest BCUT2D eigenvalue weighted by atomic mass is 9.94. The van der Waals surface area contributed by atoms with E-state index in [-0.39, 0.29) is 24.3 Å². The van der Waals surface area contributed by atoms with Gasteiger partial charge in [0.05, 0.1) is 5.02 Å². The molecule has 3 rings (SSSR count). The zero-order chi connectivity index (χ0) is 18.5. The first-order chi connectivity index (χ1) is 12.5. The van der Waals surface area contributed by atoms with Crippen LogP contribution in [0.1, 0.15) is 32.1 Å². The molecule has 0 radical (unpaired) electrons. The number of hydrogen-bond acceptors (Lipinski definition) is 3. The Morgan fingerprint density at radius 1 is 1.00 bits per heavy atom. The molecule has 0 N–H and O–H groups in total. The quantitative estimate of drug-likeness (QED) is 0.777. The van der Waals surface area contributed by atoms with E-state index >= 15 is 0 Å². The Bertz CT molecular complexity index is 654. The second-order valence-electron chi connectivity index (χ2n) is 6.90. The number of rotatable bonds is 4. The molecule has 26 heavy (non-hydrogen) atoms. The van der Waals surface area contributed by atoms with Crippen molar-refractivity contribution in [3.05, 3.63) is 28.2 Å². The molecule has 0 unspecified atom stereocenters. The molecule has 2 aliphatic rings. The van der Waals surface area contributed by atoms with Gasteiger partial charge in [-0.05, 0) is 50.3 Å². The number of likely N-dealkylation sites (tertiary alicyclic amines) is 2. The first kappa shape index (κ1) is 19.3. The highest BCUT2D eigenvalue weighted by molar-refractivity contribution is 6.35. The maximum atomic E-state index is 12.6. The summed E-state index contributed by atoms with van der Waals surface area (Å²) >= 11 is 11.9. The second kappa shape index (κ2) is 8.96. The van der Waals surface area contributed by atoms with E-state index < -0.39 is 0 Å². The van der Waals surface area contributed by atoms with Crippen LogP contribution in [0.25, 0.3) is 0 Å². The van der Waals surface area contributed by atoms with Crippen LogP contribution in [0.2, 0.25) is 10.0 Å². The minimum absolute atomic E-state index is 0.0452. The summed E-state index contributed by atoms with van der Waals surface area (Å²) in [4.78, 5) is 28.7. The topological polar surface area (TPSA) is 49.9 Å². The Morgan fingerprint density at radius 3 is 2.35 bits per heavy atom. The third kappa shape index (κ3) is 4.83. The number of halogens is 2. The predicted molar refractivity (Wildman–Crippen MR) is 102 cm³/mol.